The molecule has 0 saturated carbocycles. The molecule has 18 heavy (non-hydrogen) atoms. The maximum atomic E-state index is 11.9. The van der Waals surface area contributed by atoms with Crippen molar-refractivity contribution in [3.05, 3.63) is 24.0 Å². The topological polar surface area (TPSA) is 17.0 Å². The number of nitrogens with one attached hydrogen (secondary N) is 1. The van der Waals surface area contributed by atoms with E-state index in [2.05, 4.69) is 19.2 Å². The molecule has 104 valence electrons. The van der Waals surface area contributed by atoms with E-state index in [0.29, 0.717) is 12.5 Å². The third kappa shape index (κ3) is 6.96. The maximum Gasteiger partial charge on any atom is 0.441 e. The number of nitrogens with zero attached hydrogens (tertiary/aromatic N) is 1. The van der Waals surface area contributed by atoms with Gasteiger partial charge in [0.15, 0.2) is 0 Å². The molecule has 0 radical (unpaired) electrons. The molecule has 1 heterocycles. The molecule has 0 unspecified atom stereocenters. The third-order valence-corrected chi connectivity index (χ3v) is 3.02. The molecule has 0 aliphatic rings. The van der Waals surface area contributed by atoms with E-state index in [-0.39, 0.29) is 17.5 Å². The van der Waals surface area contributed by atoms with Gasteiger partial charge in [-0.1, -0.05) is 13.8 Å². The summed E-state index contributed by atoms with van der Waals surface area (Å²) in [5.41, 5.74) is -3.03. The first-order valence-electron chi connectivity index (χ1n) is 5.93. The van der Waals surface area contributed by atoms with Crippen LogP contribution in [0, 0.1) is 5.92 Å². The van der Waals surface area contributed by atoms with Gasteiger partial charge in [0.2, 0.25) is 0 Å². The highest BCUT2D eigenvalue weighted by Gasteiger charge is 2.27. The highest BCUT2D eigenvalue weighted by Crippen LogP contribution is 2.29. The van der Waals surface area contributed by atoms with Gasteiger partial charge in [-0.25, -0.2) is 0 Å². The zero-order valence-corrected chi connectivity index (χ0v) is 11.4. The van der Waals surface area contributed by atoms with E-state index in [1.54, 1.807) is 4.57 Å². The van der Waals surface area contributed by atoms with Crippen molar-refractivity contribution in [3.63, 3.8) is 0 Å². The summed E-state index contributed by atoms with van der Waals surface area (Å²) in [7, 11) is 0. The number of hydrogen-bond acceptors (Lipinski definition) is 2. The van der Waals surface area contributed by atoms with Crippen LogP contribution in [0.15, 0.2) is 18.5 Å². The summed E-state index contributed by atoms with van der Waals surface area (Å²) in [4.78, 5) is 0. The molecule has 1 aromatic heterocycles. The van der Waals surface area contributed by atoms with E-state index in [9.17, 15) is 13.2 Å². The van der Waals surface area contributed by atoms with Crippen LogP contribution in [-0.2, 0) is 13.1 Å². The minimum absolute atomic E-state index is 0.0230. The van der Waals surface area contributed by atoms with Gasteiger partial charge in [0.05, 0.1) is 0 Å². The minimum atomic E-state index is -4.13. The van der Waals surface area contributed by atoms with Crippen LogP contribution < -0.4 is 5.32 Å². The molecule has 0 aliphatic heterocycles. The first-order chi connectivity index (χ1) is 8.37. The molecule has 0 spiro atoms. The van der Waals surface area contributed by atoms with Crippen LogP contribution in [0.2, 0.25) is 0 Å². The summed E-state index contributed by atoms with van der Waals surface area (Å²) in [6.45, 7) is 6.35. The lowest BCUT2D eigenvalue weighted by Gasteiger charge is -2.07. The summed E-state index contributed by atoms with van der Waals surface area (Å²) in [5.74, 6) is 0.645. The van der Waals surface area contributed by atoms with Gasteiger partial charge >= 0.3 is 5.51 Å². The second kappa shape index (κ2) is 7.09. The Morgan fingerprint density at radius 3 is 2.72 bits per heavy atom. The van der Waals surface area contributed by atoms with Crippen molar-refractivity contribution in [3.8, 4) is 0 Å². The molecular formula is C12H19F3N2S. The van der Waals surface area contributed by atoms with Crippen LogP contribution in [0.3, 0.4) is 0 Å². The molecule has 2 nitrogen and oxygen atoms in total. The van der Waals surface area contributed by atoms with Crippen LogP contribution in [0.25, 0.3) is 0 Å². The summed E-state index contributed by atoms with van der Waals surface area (Å²) in [6, 6.07) is 1.94. The second-order valence-corrected chi connectivity index (χ2v) is 5.74. The lowest BCUT2D eigenvalue weighted by atomic mass is 10.2. The monoisotopic (exact) mass is 280 g/mol. The van der Waals surface area contributed by atoms with Crippen molar-refractivity contribution < 1.29 is 13.2 Å². The Bertz CT molecular complexity index is 347. The molecule has 0 saturated heterocycles. The highest BCUT2D eigenvalue weighted by molar-refractivity contribution is 8.00. The summed E-state index contributed by atoms with van der Waals surface area (Å²) in [5, 5.41) is 3.30. The van der Waals surface area contributed by atoms with E-state index >= 15 is 0 Å². The Morgan fingerprint density at radius 1 is 1.39 bits per heavy atom. The lowest BCUT2D eigenvalue weighted by molar-refractivity contribution is -0.0328. The van der Waals surface area contributed by atoms with Gasteiger partial charge in [-0.3, -0.25) is 0 Å². The summed E-state index contributed by atoms with van der Waals surface area (Å²) >= 11 is 0.0230. The van der Waals surface area contributed by atoms with E-state index in [1.807, 2.05) is 18.5 Å². The van der Waals surface area contributed by atoms with Crippen molar-refractivity contribution in [2.24, 2.45) is 5.92 Å². The van der Waals surface area contributed by atoms with Crippen molar-refractivity contribution in [1.29, 1.82) is 0 Å². The van der Waals surface area contributed by atoms with Crippen molar-refractivity contribution in [2.75, 3.05) is 12.3 Å². The lowest BCUT2D eigenvalue weighted by Crippen LogP contribution is -2.18. The van der Waals surface area contributed by atoms with Gasteiger partial charge in [0, 0.05) is 31.2 Å². The highest BCUT2D eigenvalue weighted by atomic mass is 32.2. The molecule has 1 N–H and O–H groups in total. The van der Waals surface area contributed by atoms with E-state index in [0.717, 1.165) is 18.7 Å². The number of aromatic nitrogens is 1. The minimum Gasteiger partial charge on any atom is -0.353 e. The van der Waals surface area contributed by atoms with Crippen LogP contribution in [-0.4, -0.2) is 22.4 Å². The second-order valence-electron chi connectivity index (χ2n) is 4.58. The first-order valence-corrected chi connectivity index (χ1v) is 6.91. The van der Waals surface area contributed by atoms with Crippen molar-refractivity contribution in [1.82, 2.24) is 9.88 Å². The number of halogens is 3. The molecular weight excluding hydrogens is 261 g/mol. The van der Waals surface area contributed by atoms with Gasteiger partial charge in [0.25, 0.3) is 0 Å². The quantitative estimate of drug-likeness (QED) is 0.823. The average Bonchev–Trinajstić information content (AvgIpc) is 2.63. The van der Waals surface area contributed by atoms with Gasteiger partial charge < -0.3 is 9.88 Å². The summed E-state index contributed by atoms with van der Waals surface area (Å²) < 4.78 is 37.6. The van der Waals surface area contributed by atoms with Gasteiger partial charge in [-0.05, 0) is 35.9 Å². The molecule has 1 aromatic rings. The third-order valence-electron chi connectivity index (χ3n) is 2.31. The number of rotatable bonds is 7. The normalized spacial score (nSPS) is 12.3. The molecule has 0 fully saturated rings. The molecule has 0 aromatic carbocycles. The smallest absolute Gasteiger partial charge is 0.353 e. The maximum absolute atomic E-state index is 11.9. The number of aryl methyl sites for hydroxylation is 1. The fourth-order valence-electron chi connectivity index (χ4n) is 1.51. The average molecular weight is 280 g/mol. The molecule has 6 heteroatoms. The van der Waals surface area contributed by atoms with Gasteiger partial charge in [-0.2, -0.15) is 13.2 Å². The fraction of sp³-hybridized carbons (Fsp3) is 0.667. The van der Waals surface area contributed by atoms with Crippen LogP contribution in [0.1, 0.15) is 19.4 Å². The number of hydrogen-bond donors (Lipinski definition) is 1. The van der Waals surface area contributed by atoms with Gasteiger partial charge in [-0.15, -0.1) is 0 Å². The Morgan fingerprint density at radius 2 is 2.11 bits per heavy atom. The Labute approximate surface area is 110 Å². The van der Waals surface area contributed by atoms with Crippen LogP contribution >= 0.6 is 11.8 Å². The predicted molar refractivity (Wildman–Crippen MR) is 69.5 cm³/mol. The van der Waals surface area contributed by atoms with E-state index in [4.69, 9.17) is 0 Å². The molecule has 0 aliphatic carbocycles. The summed E-state index contributed by atoms with van der Waals surface area (Å²) in [6.07, 6.45) is 3.72. The molecule has 0 amide bonds. The standard InChI is InChI=1S/C12H19F3N2S/c1-10(2)7-16-8-11-3-4-17(9-11)5-6-18-12(13,14)15/h3-4,9-10,16H,5-8H2,1-2H3. The Balaban J connectivity index is 2.26. The number of thioether (sulfide) groups is 1. The van der Waals surface area contributed by atoms with Crippen molar-refractivity contribution in [2.45, 2.75) is 32.4 Å². The Hall–Kier alpha value is -0.620. The molecule has 1 rings (SSSR count). The fourth-order valence-corrected chi connectivity index (χ4v) is 2.04. The predicted octanol–water partition coefficient (Wildman–Crippen LogP) is 3.49. The van der Waals surface area contributed by atoms with Gasteiger partial charge in [0.1, 0.15) is 0 Å². The zero-order valence-electron chi connectivity index (χ0n) is 10.6. The molecule has 0 atom stereocenters. The Kier molecular flexibility index (Phi) is 6.08. The van der Waals surface area contributed by atoms with Crippen LogP contribution in [0.5, 0.6) is 0 Å². The van der Waals surface area contributed by atoms with Crippen molar-refractivity contribution >= 4 is 11.8 Å². The van der Waals surface area contributed by atoms with Crippen LogP contribution in [0.4, 0.5) is 13.2 Å². The van der Waals surface area contributed by atoms with E-state index < -0.39 is 5.51 Å². The zero-order chi connectivity index (χ0) is 13.6. The first kappa shape index (κ1) is 15.4. The van der Waals surface area contributed by atoms with E-state index in [1.165, 1.54) is 0 Å². The number of alkyl halides is 3. The molecule has 0 bridgehead atoms. The largest absolute Gasteiger partial charge is 0.441 e. The SMILES string of the molecule is CC(C)CNCc1ccn(CCSC(F)(F)F)c1.